The largest absolute Gasteiger partial charge is 0.443 e. The smallest absolute Gasteiger partial charge is 0.407 e. The maximum Gasteiger partial charge on any atom is 0.407 e. The molecule has 0 aliphatic carbocycles. The summed E-state index contributed by atoms with van der Waals surface area (Å²) in [5.41, 5.74) is -0.271. The summed E-state index contributed by atoms with van der Waals surface area (Å²) in [7, 11) is 1.63. The number of rotatable bonds is 2. The van der Waals surface area contributed by atoms with Crippen LogP contribution in [0.5, 0.6) is 0 Å². The van der Waals surface area contributed by atoms with Crippen LogP contribution < -0.4 is 10.6 Å². The van der Waals surface area contributed by atoms with Crippen LogP contribution in [0.3, 0.4) is 0 Å². The van der Waals surface area contributed by atoms with Gasteiger partial charge in [0.25, 0.3) is 0 Å². The Balaban J connectivity index is 2.42. The molecule has 16 heavy (non-hydrogen) atoms. The molecule has 1 amide bonds. The Kier molecular flexibility index (Phi) is 4.56. The average Bonchev–Trinajstić information content (AvgIpc) is 2.15. The fourth-order valence-corrected chi connectivity index (χ4v) is 1.65. The lowest BCUT2D eigenvalue weighted by molar-refractivity contribution is -0.0376. The molecule has 94 valence electrons. The van der Waals surface area contributed by atoms with E-state index in [2.05, 4.69) is 10.6 Å². The molecular weight excluding hydrogens is 208 g/mol. The van der Waals surface area contributed by atoms with E-state index in [0.717, 1.165) is 19.5 Å². The zero-order valence-corrected chi connectivity index (χ0v) is 10.5. The van der Waals surface area contributed by atoms with Gasteiger partial charge in [0.15, 0.2) is 0 Å². The summed E-state index contributed by atoms with van der Waals surface area (Å²) in [6.07, 6.45) is 0.199. The molecule has 1 rings (SSSR count). The standard InChI is InChI=1S/C11H22N2O3/c1-11(2,3)13-10(14)16-8-5-6-12-7-9(8)15-4/h8-9,12H,5-7H2,1-4H3,(H,13,14)/t8-,9-/m0/s1. The van der Waals surface area contributed by atoms with E-state index < -0.39 is 0 Å². The van der Waals surface area contributed by atoms with Crippen molar-refractivity contribution in [1.29, 1.82) is 0 Å². The number of ether oxygens (including phenoxy) is 2. The van der Waals surface area contributed by atoms with Crippen LogP contribution in [0.1, 0.15) is 27.2 Å². The molecule has 2 atom stereocenters. The Labute approximate surface area is 96.9 Å². The highest BCUT2D eigenvalue weighted by Gasteiger charge is 2.29. The summed E-state index contributed by atoms with van der Waals surface area (Å²) >= 11 is 0. The molecule has 5 nitrogen and oxygen atoms in total. The van der Waals surface area contributed by atoms with Gasteiger partial charge in [0, 0.05) is 19.2 Å². The lowest BCUT2D eigenvalue weighted by Gasteiger charge is -2.31. The molecule has 1 saturated heterocycles. The molecule has 1 fully saturated rings. The first-order valence-corrected chi connectivity index (χ1v) is 5.64. The number of methoxy groups -OCH3 is 1. The van der Waals surface area contributed by atoms with Crippen molar-refractivity contribution in [2.24, 2.45) is 0 Å². The van der Waals surface area contributed by atoms with Crippen LogP contribution in [-0.4, -0.2) is 44.0 Å². The molecular formula is C11H22N2O3. The Hall–Kier alpha value is -0.810. The van der Waals surface area contributed by atoms with Crippen molar-refractivity contribution in [2.75, 3.05) is 20.2 Å². The van der Waals surface area contributed by atoms with Crippen molar-refractivity contribution in [1.82, 2.24) is 10.6 Å². The zero-order valence-electron chi connectivity index (χ0n) is 10.5. The normalized spacial score (nSPS) is 26.2. The summed E-state index contributed by atoms with van der Waals surface area (Å²) in [5, 5.41) is 5.97. The van der Waals surface area contributed by atoms with E-state index in [9.17, 15) is 4.79 Å². The third-order valence-electron chi connectivity index (χ3n) is 2.40. The average molecular weight is 230 g/mol. The topological polar surface area (TPSA) is 59.6 Å². The van der Waals surface area contributed by atoms with Crippen LogP contribution in [-0.2, 0) is 9.47 Å². The van der Waals surface area contributed by atoms with Crippen LogP contribution >= 0.6 is 0 Å². The monoisotopic (exact) mass is 230 g/mol. The first-order chi connectivity index (χ1) is 7.42. The molecule has 0 aromatic carbocycles. The number of alkyl carbamates (subject to hydrolysis) is 1. The van der Waals surface area contributed by atoms with Crippen molar-refractivity contribution in [3.8, 4) is 0 Å². The minimum atomic E-state index is -0.374. The fourth-order valence-electron chi connectivity index (χ4n) is 1.65. The Bertz CT molecular complexity index is 238. The molecule has 0 aromatic heterocycles. The van der Waals surface area contributed by atoms with Crippen LogP contribution in [0.15, 0.2) is 0 Å². The maximum absolute atomic E-state index is 11.6. The van der Waals surface area contributed by atoms with E-state index in [1.54, 1.807) is 7.11 Å². The van der Waals surface area contributed by atoms with Crippen molar-refractivity contribution in [3.63, 3.8) is 0 Å². The zero-order chi connectivity index (χ0) is 12.2. The summed E-state index contributed by atoms with van der Waals surface area (Å²) in [6.45, 7) is 7.34. The van der Waals surface area contributed by atoms with E-state index in [4.69, 9.17) is 9.47 Å². The van der Waals surface area contributed by atoms with Gasteiger partial charge in [0.1, 0.15) is 12.2 Å². The van der Waals surface area contributed by atoms with Gasteiger partial charge in [-0.25, -0.2) is 4.79 Å². The molecule has 0 aromatic rings. The van der Waals surface area contributed by atoms with E-state index >= 15 is 0 Å². The van der Waals surface area contributed by atoms with Gasteiger partial charge in [-0.3, -0.25) is 0 Å². The molecule has 1 aliphatic heterocycles. The second-order valence-corrected chi connectivity index (χ2v) is 5.09. The van der Waals surface area contributed by atoms with Gasteiger partial charge in [0.2, 0.25) is 0 Å². The molecule has 1 heterocycles. The van der Waals surface area contributed by atoms with Gasteiger partial charge in [-0.05, 0) is 33.7 Å². The Morgan fingerprint density at radius 2 is 2.06 bits per heavy atom. The Morgan fingerprint density at radius 3 is 2.62 bits per heavy atom. The number of nitrogens with one attached hydrogen (secondary N) is 2. The predicted octanol–water partition coefficient (Wildman–Crippen LogP) is 0.888. The number of hydrogen-bond donors (Lipinski definition) is 2. The number of piperidine rings is 1. The quantitative estimate of drug-likeness (QED) is 0.739. The summed E-state index contributed by atoms with van der Waals surface area (Å²) in [4.78, 5) is 11.6. The predicted molar refractivity (Wildman–Crippen MR) is 61.4 cm³/mol. The van der Waals surface area contributed by atoms with E-state index in [1.807, 2.05) is 20.8 Å². The highest BCUT2D eigenvalue weighted by atomic mass is 16.6. The van der Waals surface area contributed by atoms with Crippen LogP contribution in [0.25, 0.3) is 0 Å². The number of carbonyl (C=O) groups is 1. The highest BCUT2D eigenvalue weighted by Crippen LogP contribution is 2.12. The summed E-state index contributed by atoms with van der Waals surface area (Å²) in [6, 6.07) is 0. The molecule has 0 unspecified atom stereocenters. The van der Waals surface area contributed by atoms with Crippen molar-refractivity contribution in [2.45, 2.75) is 44.9 Å². The summed E-state index contributed by atoms with van der Waals surface area (Å²) in [5.74, 6) is 0. The number of amides is 1. The van der Waals surface area contributed by atoms with Gasteiger partial charge < -0.3 is 20.1 Å². The van der Waals surface area contributed by atoms with Gasteiger partial charge in [0.05, 0.1) is 0 Å². The third-order valence-corrected chi connectivity index (χ3v) is 2.40. The van der Waals surface area contributed by atoms with Gasteiger partial charge in [-0.15, -0.1) is 0 Å². The lowest BCUT2D eigenvalue weighted by Crippen LogP contribution is -2.50. The minimum Gasteiger partial charge on any atom is -0.443 e. The SMILES string of the molecule is CO[C@H]1CNCC[C@@H]1OC(=O)NC(C)(C)C. The van der Waals surface area contributed by atoms with Crippen molar-refractivity contribution < 1.29 is 14.3 Å². The first kappa shape index (κ1) is 13.3. The molecule has 5 heteroatoms. The van der Waals surface area contributed by atoms with Gasteiger partial charge in [-0.2, -0.15) is 0 Å². The molecule has 1 aliphatic rings. The second-order valence-electron chi connectivity index (χ2n) is 5.09. The van der Waals surface area contributed by atoms with Crippen molar-refractivity contribution >= 4 is 6.09 Å². The van der Waals surface area contributed by atoms with Crippen molar-refractivity contribution in [3.05, 3.63) is 0 Å². The van der Waals surface area contributed by atoms with Crippen LogP contribution in [0, 0.1) is 0 Å². The molecule has 0 radical (unpaired) electrons. The summed E-state index contributed by atoms with van der Waals surface area (Å²) < 4.78 is 10.6. The van der Waals surface area contributed by atoms with E-state index in [0.29, 0.717) is 0 Å². The molecule has 0 saturated carbocycles. The maximum atomic E-state index is 11.6. The van der Waals surface area contributed by atoms with Crippen LogP contribution in [0.2, 0.25) is 0 Å². The minimum absolute atomic E-state index is 0.0560. The second kappa shape index (κ2) is 5.50. The fraction of sp³-hybridized carbons (Fsp3) is 0.909. The molecule has 0 spiro atoms. The first-order valence-electron chi connectivity index (χ1n) is 5.64. The van der Waals surface area contributed by atoms with E-state index in [-0.39, 0.29) is 23.8 Å². The van der Waals surface area contributed by atoms with E-state index in [1.165, 1.54) is 0 Å². The van der Waals surface area contributed by atoms with Gasteiger partial charge >= 0.3 is 6.09 Å². The highest BCUT2D eigenvalue weighted by molar-refractivity contribution is 5.68. The lowest BCUT2D eigenvalue weighted by atomic mass is 10.1. The third kappa shape index (κ3) is 4.37. The molecule has 2 N–H and O–H groups in total. The molecule has 0 bridgehead atoms. The Morgan fingerprint density at radius 1 is 1.38 bits per heavy atom. The number of hydrogen-bond acceptors (Lipinski definition) is 4. The van der Waals surface area contributed by atoms with Crippen LogP contribution in [0.4, 0.5) is 4.79 Å². The number of carbonyl (C=O) groups excluding carboxylic acids is 1. The van der Waals surface area contributed by atoms with Gasteiger partial charge in [-0.1, -0.05) is 0 Å².